The molecule has 0 radical (unpaired) electrons. The summed E-state index contributed by atoms with van der Waals surface area (Å²) in [6.45, 7) is 0. The molecule has 0 unspecified atom stereocenters. The van der Waals surface area contributed by atoms with Crippen LogP contribution >= 0.6 is 0 Å². The monoisotopic (exact) mass is 94.0 g/mol. The first-order chi connectivity index (χ1) is 2.81. The van der Waals surface area contributed by atoms with Gasteiger partial charge in [0.2, 0.25) is 0 Å². The SMILES string of the molecule is CON(O)NO. The van der Waals surface area contributed by atoms with Crippen LogP contribution in [0.1, 0.15) is 0 Å². The number of rotatable bonds is 2. The van der Waals surface area contributed by atoms with Crippen LogP contribution in [0.15, 0.2) is 0 Å². The fourth-order valence-electron chi connectivity index (χ4n) is 0.0408. The summed E-state index contributed by atoms with van der Waals surface area (Å²) in [7, 11) is 1.18. The van der Waals surface area contributed by atoms with Gasteiger partial charge in [0.15, 0.2) is 0 Å². The van der Waals surface area contributed by atoms with E-state index in [-0.39, 0.29) is 5.34 Å². The molecule has 0 fully saturated rings. The van der Waals surface area contributed by atoms with Gasteiger partial charge in [-0.3, -0.25) is 15.3 Å². The zero-order chi connectivity index (χ0) is 4.99. The average molecular weight is 94.1 g/mol. The van der Waals surface area contributed by atoms with E-state index in [0.29, 0.717) is 0 Å². The lowest BCUT2D eigenvalue weighted by molar-refractivity contribution is -0.400. The maximum absolute atomic E-state index is 7.92. The van der Waals surface area contributed by atoms with E-state index in [9.17, 15) is 0 Å². The van der Waals surface area contributed by atoms with Crippen LogP contribution < -0.4 is 5.59 Å². The molecule has 3 N–H and O–H groups in total. The Bertz CT molecular complexity index is 28.0. The molecule has 0 aromatic heterocycles. The lowest BCUT2D eigenvalue weighted by Crippen LogP contribution is -2.30. The highest BCUT2D eigenvalue weighted by Crippen LogP contribution is 1.63. The number of nitrogens with one attached hydrogen (secondary N) is 1. The number of hydrogen-bond donors (Lipinski definition) is 3. The van der Waals surface area contributed by atoms with Gasteiger partial charge in [0.05, 0.1) is 7.11 Å². The summed E-state index contributed by atoms with van der Waals surface area (Å²) in [6, 6.07) is 0. The molecule has 0 aliphatic carbocycles. The summed E-state index contributed by atoms with van der Waals surface area (Å²) in [6.07, 6.45) is 0. The van der Waals surface area contributed by atoms with Crippen LogP contribution in [0.4, 0.5) is 0 Å². The third kappa shape index (κ3) is 2.06. The molecule has 0 saturated carbocycles. The first-order valence-electron chi connectivity index (χ1n) is 1.24. The van der Waals surface area contributed by atoms with E-state index in [4.69, 9.17) is 10.4 Å². The van der Waals surface area contributed by atoms with Crippen molar-refractivity contribution in [3.8, 4) is 0 Å². The van der Waals surface area contributed by atoms with Crippen LogP contribution in [-0.2, 0) is 4.84 Å². The van der Waals surface area contributed by atoms with Crippen LogP contribution in [0.25, 0.3) is 0 Å². The van der Waals surface area contributed by atoms with Gasteiger partial charge in [-0.2, -0.15) is 0 Å². The second-order valence-corrected chi connectivity index (χ2v) is 0.556. The summed E-state index contributed by atoms with van der Waals surface area (Å²) in [5, 5.41) is 15.6. The predicted molar refractivity (Wildman–Crippen MR) is 15.6 cm³/mol. The van der Waals surface area contributed by atoms with Gasteiger partial charge in [-0.1, -0.05) is 5.59 Å². The molecule has 0 atom stereocenters. The molecule has 0 heterocycles. The lowest BCUT2D eigenvalue weighted by Gasteiger charge is -2.03. The summed E-state index contributed by atoms with van der Waals surface area (Å²) >= 11 is 0. The molecule has 0 bridgehead atoms. The first kappa shape index (κ1) is 5.80. The third-order valence-corrected chi connectivity index (χ3v) is 0.258. The van der Waals surface area contributed by atoms with Gasteiger partial charge in [0, 0.05) is 5.34 Å². The molecule has 0 aromatic carbocycles. The van der Waals surface area contributed by atoms with Gasteiger partial charge in [-0.15, -0.1) is 0 Å². The molecule has 5 heteroatoms. The molecule has 0 amide bonds. The van der Waals surface area contributed by atoms with Crippen molar-refractivity contribution in [1.82, 2.24) is 10.9 Å². The Labute approximate surface area is 34.6 Å². The van der Waals surface area contributed by atoms with Crippen molar-refractivity contribution in [2.75, 3.05) is 7.11 Å². The summed E-state index contributed by atoms with van der Waals surface area (Å²) in [4.78, 5) is 3.93. The molecule has 0 aliphatic rings. The highest BCUT2D eigenvalue weighted by molar-refractivity contribution is 3.69. The Hall–Kier alpha value is -0.200. The van der Waals surface area contributed by atoms with E-state index in [1.807, 2.05) is 0 Å². The number of hydrogen-bond acceptors (Lipinski definition) is 5. The topological polar surface area (TPSA) is 65.0 Å². The van der Waals surface area contributed by atoms with E-state index in [0.717, 1.165) is 0 Å². The van der Waals surface area contributed by atoms with Crippen LogP contribution in [0, 0.1) is 0 Å². The van der Waals surface area contributed by atoms with E-state index >= 15 is 0 Å². The maximum Gasteiger partial charge on any atom is 0.0617 e. The normalized spacial score (nSPS) is 10.0. The number of nitrogens with zero attached hydrogens (tertiary/aromatic N) is 1. The highest BCUT2D eigenvalue weighted by Gasteiger charge is 1.84. The fourth-order valence-corrected chi connectivity index (χ4v) is 0.0408. The molecule has 38 valence electrons. The molecule has 6 heavy (non-hydrogen) atoms. The van der Waals surface area contributed by atoms with E-state index in [1.165, 1.54) is 12.7 Å². The van der Waals surface area contributed by atoms with Gasteiger partial charge in [-0.05, 0) is 0 Å². The molecular formula is CH6N2O3. The van der Waals surface area contributed by atoms with Crippen molar-refractivity contribution >= 4 is 0 Å². The van der Waals surface area contributed by atoms with Gasteiger partial charge >= 0.3 is 0 Å². The summed E-state index contributed by atoms with van der Waals surface area (Å²) in [5.41, 5.74) is 1.28. The Kier molecular flexibility index (Phi) is 2.91. The second-order valence-electron chi connectivity index (χ2n) is 0.556. The van der Waals surface area contributed by atoms with Crippen molar-refractivity contribution in [1.29, 1.82) is 0 Å². The zero-order valence-corrected chi connectivity index (χ0v) is 3.25. The third-order valence-electron chi connectivity index (χ3n) is 0.258. The van der Waals surface area contributed by atoms with Gasteiger partial charge in [0.1, 0.15) is 0 Å². The number of hydrazine groups is 1. The molecule has 0 saturated heterocycles. The maximum atomic E-state index is 7.92. The van der Waals surface area contributed by atoms with E-state index in [2.05, 4.69) is 4.84 Å². The zero-order valence-electron chi connectivity index (χ0n) is 3.25. The Morgan fingerprint density at radius 1 is 1.83 bits per heavy atom. The summed E-state index contributed by atoms with van der Waals surface area (Å²) < 4.78 is 0. The van der Waals surface area contributed by atoms with Crippen molar-refractivity contribution in [2.45, 2.75) is 0 Å². The average Bonchev–Trinajstić information content (AvgIpc) is 1.65. The van der Waals surface area contributed by atoms with E-state index in [1.54, 1.807) is 0 Å². The predicted octanol–water partition coefficient (Wildman–Crippen LogP) is -0.867. The smallest absolute Gasteiger partial charge is 0.0617 e. The fraction of sp³-hybridized carbons (Fsp3) is 1.00. The molecule has 0 aliphatic heterocycles. The molecule has 5 nitrogen and oxygen atoms in total. The lowest BCUT2D eigenvalue weighted by atomic mass is 11.7. The Balaban J connectivity index is 2.75. The Morgan fingerprint density at radius 2 is 2.33 bits per heavy atom. The highest BCUT2D eigenvalue weighted by atomic mass is 16.9. The molecular weight excluding hydrogens is 88.0 g/mol. The molecule has 0 rings (SSSR count). The van der Waals surface area contributed by atoms with Crippen LogP contribution in [0.5, 0.6) is 0 Å². The first-order valence-corrected chi connectivity index (χ1v) is 1.24. The van der Waals surface area contributed by atoms with Crippen molar-refractivity contribution in [3.05, 3.63) is 0 Å². The van der Waals surface area contributed by atoms with Crippen molar-refractivity contribution < 1.29 is 15.3 Å². The standard InChI is InChI=1S/CH6N2O3/c1-6-3(5)2-4/h2,4-5H,1H3. The van der Waals surface area contributed by atoms with E-state index < -0.39 is 0 Å². The van der Waals surface area contributed by atoms with Gasteiger partial charge < -0.3 is 0 Å². The minimum atomic E-state index is 0.0556. The minimum Gasteiger partial charge on any atom is -0.298 e. The Morgan fingerprint density at radius 3 is 2.33 bits per heavy atom. The van der Waals surface area contributed by atoms with Gasteiger partial charge in [-0.25, -0.2) is 0 Å². The second kappa shape index (κ2) is 3.01. The molecule has 0 aromatic rings. The van der Waals surface area contributed by atoms with Crippen LogP contribution in [-0.4, -0.2) is 22.9 Å². The minimum absolute atomic E-state index is 0.0556. The summed E-state index contributed by atoms with van der Waals surface area (Å²) in [5.74, 6) is 0. The van der Waals surface area contributed by atoms with Crippen molar-refractivity contribution in [3.63, 3.8) is 0 Å². The van der Waals surface area contributed by atoms with Crippen LogP contribution in [0.2, 0.25) is 0 Å². The van der Waals surface area contributed by atoms with Crippen LogP contribution in [0.3, 0.4) is 0 Å². The molecule has 0 spiro atoms. The quantitative estimate of drug-likeness (QED) is 0.388. The largest absolute Gasteiger partial charge is 0.298 e. The van der Waals surface area contributed by atoms with Crippen molar-refractivity contribution in [2.24, 2.45) is 0 Å². The van der Waals surface area contributed by atoms with Gasteiger partial charge in [0.25, 0.3) is 0 Å².